The Hall–Kier alpha value is -3.39. The fourth-order valence-electron chi connectivity index (χ4n) is 5.02. The molecule has 1 fully saturated rings. The van der Waals surface area contributed by atoms with Crippen molar-refractivity contribution in [3.63, 3.8) is 0 Å². The molecule has 1 saturated heterocycles. The zero-order valence-corrected chi connectivity index (χ0v) is 20.1. The summed E-state index contributed by atoms with van der Waals surface area (Å²) in [4.78, 5) is 38.0. The van der Waals surface area contributed by atoms with Crippen molar-refractivity contribution in [3.8, 4) is 11.1 Å². The molecule has 3 unspecified atom stereocenters. The molecule has 1 aliphatic carbocycles. The van der Waals surface area contributed by atoms with Crippen LogP contribution in [-0.2, 0) is 19.1 Å². The van der Waals surface area contributed by atoms with Gasteiger partial charge in [0.05, 0.1) is 12.7 Å². The van der Waals surface area contributed by atoms with Crippen molar-refractivity contribution >= 4 is 18.0 Å². The van der Waals surface area contributed by atoms with Gasteiger partial charge in [-0.3, -0.25) is 4.79 Å². The van der Waals surface area contributed by atoms with Crippen LogP contribution < -0.4 is 5.32 Å². The van der Waals surface area contributed by atoms with E-state index in [1.54, 1.807) is 6.92 Å². The van der Waals surface area contributed by atoms with Crippen LogP contribution in [0.5, 0.6) is 0 Å². The molecule has 35 heavy (non-hydrogen) atoms. The van der Waals surface area contributed by atoms with Crippen molar-refractivity contribution in [1.29, 1.82) is 0 Å². The number of ether oxygens (including phenoxy) is 2. The minimum absolute atomic E-state index is 0.00258. The number of morpholine rings is 1. The van der Waals surface area contributed by atoms with Crippen LogP contribution in [-0.4, -0.2) is 66.4 Å². The third-order valence-corrected chi connectivity index (χ3v) is 6.84. The highest BCUT2D eigenvalue weighted by Crippen LogP contribution is 2.44. The van der Waals surface area contributed by atoms with E-state index in [-0.39, 0.29) is 37.3 Å². The van der Waals surface area contributed by atoms with Gasteiger partial charge in [-0.1, -0.05) is 55.5 Å². The summed E-state index contributed by atoms with van der Waals surface area (Å²) in [6, 6.07) is 15.4. The number of alkyl carbamates (subject to hydrolysis) is 1. The summed E-state index contributed by atoms with van der Waals surface area (Å²) < 4.78 is 10.9. The van der Waals surface area contributed by atoms with Crippen molar-refractivity contribution in [2.45, 2.75) is 44.8 Å². The first-order valence-corrected chi connectivity index (χ1v) is 12.1. The van der Waals surface area contributed by atoms with Crippen LogP contribution in [0.2, 0.25) is 0 Å². The molecule has 0 spiro atoms. The molecule has 1 heterocycles. The number of carbonyl (C=O) groups excluding carboxylic acids is 2. The molecule has 0 aromatic heterocycles. The smallest absolute Gasteiger partial charge is 0.407 e. The summed E-state index contributed by atoms with van der Waals surface area (Å²) in [7, 11) is 0. The Morgan fingerprint density at radius 2 is 1.74 bits per heavy atom. The number of carboxylic acid groups (broad SMARTS) is 1. The Labute approximate surface area is 205 Å². The molecule has 2 aromatic rings. The summed E-state index contributed by atoms with van der Waals surface area (Å²) in [5.74, 6) is -1.29. The standard InChI is InChI=1S/C27H32N2O6/c1-17(15-24(30)29-13-14-34-18(2)25(29)26(31)32)11-12-28-27(33)35-16-23-21-9-5-3-7-19(21)20-8-4-6-10-22(20)23/h3-10,17-18,23,25H,11-16H2,1-2H3,(H,28,33)(H,31,32). The largest absolute Gasteiger partial charge is 0.480 e. The van der Waals surface area contributed by atoms with E-state index in [1.807, 2.05) is 31.2 Å². The minimum atomic E-state index is -1.06. The molecular weight excluding hydrogens is 448 g/mol. The Morgan fingerprint density at radius 1 is 1.11 bits per heavy atom. The zero-order chi connectivity index (χ0) is 24.9. The predicted octanol–water partition coefficient (Wildman–Crippen LogP) is 3.64. The maximum atomic E-state index is 12.7. The van der Waals surface area contributed by atoms with Gasteiger partial charge in [-0.05, 0) is 41.5 Å². The lowest BCUT2D eigenvalue weighted by Crippen LogP contribution is -2.56. The second-order valence-electron chi connectivity index (χ2n) is 9.30. The van der Waals surface area contributed by atoms with Gasteiger partial charge in [-0.15, -0.1) is 0 Å². The predicted molar refractivity (Wildman–Crippen MR) is 130 cm³/mol. The number of carboxylic acids is 1. The highest BCUT2D eigenvalue weighted by Gasteiger charge is 2.38. The average Bonchev–Trinajstić information content (AvgIpc) is 3.16. The molecule has 8 heteroatoms. The van der Waals surface area contributed by atoms with E-state index >= 15 is 0 Å². The number of hydrogen-bond donors (Lipinski definition) is 2. The number of nitrogens with one attached hydrogen (secondary N) is 1. The van der Waals surface area contributed by atoms with E-state index in [1.165, 1.54) is 16.0 Å². The van der Waals surface area contributed by atoms with Crippen molar-refractivity contribution in [1.82, 2.24) is 10.2 Å². The number of fused-ring (bicyclic) bond motifs is 3. The number of rotatable bonds is 8. The van der Waals surface area contributed by atoms with E-state index < -0.39 is 24.2 Å². The molecular formula is C27H32N2O6. The highest BCUT2D eigenvalue weighted by molar-refractivity contribution is 5.84. The molecule has 2 aromatic carbocycles. The van der Waals surface area contributed by atoms with Gasteiger partial charge < -0.3 is 24.8 Å². The molecule has 0 bridgehead atoms. The fourth-order valence-corrected chi connectivity index (χ4v) is 5.02. The van der Waals surface area contributed by atoms with Crippen LogP contribution in [0, 0.1) is 5.92 Å². The summed E-state index contributed by atoms with van der Waals surface area (Å²) in [5, 5.41) is 12.2. The van der Waals surface area contributed by atoms with Crippen LogP contribution in [0.1, 0.15) is 43.7 Å². The van der Waals surface area contributed by atoms with Gasteiger partial charge in [0.2, 0.25) is 5.91 Å². The van der Waals surface area contributed by atoms with Gasteiger partial charge in [0.15, 0.2) is 6.04 Å². The number of hydrogen-bond acceptors (Lipinski definition) is 5. The maximum absolute atomic E-state index is 12.7. The number of aliphatic carboxylic acids is 1. The van der Waals surface area contributed by atoms with Crippen LogP contribution >= 0.6 is 0 Å². The summed E-state index contributed by atoms with van der Waals surface area (Å²) in [6.07, 6.45) is -0.245. The first kappa shape index (κ1) is 24.7. The van der Waals surface area contributed by atoms with Crippen LogP contribution in [0.25, 0.3) is 11.1 Å². The van der Waals surface area contributed by atoms with E-state index in [0.29, 0.717) is 19.6 Å². The van der Waals surface area contributed by atoms with Crippen LogP contribution in [0.4, 0.5) is 4.79 Å². The Balaban J connectivity index is 1.23. The molecule has 186 valence electrons. The fraction of sp³-hybridized carbons (Fsp3) is 0.444. The van der Waals surface area contributed by atoms with E-state index in [9.17, 15) is 19.5 Å². The maximum Gasteiger partial charge on any atom is 0.407 e. The Morgan fingerprint density at radius 3 is 2.37 bits per heavy atom. The summed E-state index contributed by atoms with van der Waals surface area (Å²) in [5.41, 5.74) is 4.67. The third kappa shape index (κ3) is 5.48. The molecule has 4 rings (SSSR count). The molecule has 3 atom stereocenters. The molecule has 2 amide bonds. The first-order chi connectivity index (χ1) is 16.9. The quantitative estimate of drug-likeness (QED) is 0.598. The highest BCUT2D eigenvalue weighted by atomic mass is 16.5. The van der Waals surface area contributed by atoms with Gasteiger partial charge in [0.1, 0.15) is 6.61 Å². The average molecular weight is 481 g/mol. The van der Waals surface area contributed by atoms with Gasteiger partial charge in [-0.2, -0.15) is 0 Å². The van der Waals surface area contributed by atoms with E-state index in [2.05, 4.69) is 29.6 Å². The van der Waals surface area contributed by atoms with Crippen molar-refractivity contribution in [2.75, 3.05) is 26.3 Å². The third-order valence-electron chi connectivity index (χ3n) is 6.84. The van der Waals surface area contributed by atoms with E-state index in [4.69, 9.17) is 9.47 Å². The SMILES string of the molecule is CC(CCNC(=O)OCC1c2ccccc2-c2ccccc21)CC(=O)N1CCOC(C)C1C(=O)O. The molecule has 2 aliphatic rings. The Kier molecular flexibility index (Phi) is 7.70. The minimum Gasteiger partial charge on any atom is -0.480 e. The number of nitrogens with zero attached hydrogens (tertiary/aromatic N) is 1. The second kappa shape index (κ2) is 10.9. The molecule has 8 nitrogen and oxygen atoms in total. The van der Waals surface area contributed by atoms with Gasteiger partial charge in [0, 0.05) is 25.4 Å². The van der Waals surface area contributed by atoms with Gasteiger partial charge in [-0.25, -0.2) is 9.59 Å². The van der Waals surface area contributed by atoms with E-state index in [0.717, 1.165) is 11.1 Å². The molecule has 2 N–H and O–H groups in total. The topological polar surface area (TPSA) is 105 Å². The first-order valence-electron chi connectivity index (χ1n) is 12.1. The van der Waals surface area contributed by atoms with Gasteiger partial charge in [0.25, 0.3) is 0 Å². The normalized spacial score (nSPS) is 20.0. The van der Waals surface area contributed by atoms with Crippen LogP contribution in [0.15, 0.2) is 48.5 Å². The lowest BCUT2D eigenvalue weighted by atomic mass is 9.98. The monoisotopic (exact) mass is 480 g/mol. The summed E-state index contributed by atoms with van der Waals surface area (Å²) in [6.45, 7) is 4.79. The van der Waals surface area contributed by atoms with Crippen molar-refractivity contribution in [2.24, 2.45) is 5.92 Å². The van der Waals surface area contributed by atoms with Crippen molar-refractivity contribution in [3.05, 3.63) is 59.7 Å². The van der Waals surface area contributed by atoms with Gasteiger partial charge >= 0.3 is 12.1 Å². The summed E-state index contributed by atoms with van der Waals surface area (Å²) >= 11 is 0. The molecule has 1 aliphatic heterocycles. The number of benzene rings is 2. The number of carbonyl (C=O) groups is 3. The number of amides is 2. The van der Waals surface area contributed by atoms with Crippen molar-refractivity contribution < 1.29 is 29.0 Å². The Bertz CT molecular complexity index is 1040. The zero-order valence-electron chi connectivity index (χ0n) is 20.1. The second-order valence-corrected chi connectivity index (χ2v) is 9.30. The lowest BCUT2D eigenvalue weighted by Gasteiger charge is -2.37. The lowest BCUT2D eigenvalue weighted by molar-refractivity contribution is -0.165. The van der Waals surface area contributed by atoms with Crippen LogP contribution in [0.3, 0.4) is 0 Å². The molecule has 0 saturated carbocycles. The molecule has 0 radical (unpaired) electrons.